The zero-order valence-electron chi connectivity index (χ0n) is 11.3. The molecule has 20 heavy (non-hydrogen) atoms. The van der Waals surface area contributed by atoms with Gasteiger partial charge >= 0.3 is 5.97 Å². The van der Waals surface area contributed by atoms with E-state index in [1.807, 2.05) is 0 Å². The van der Waals surface area contributed by atoms with E-state index in [4.69, 9.17) is 23.8 Å². The van der Waals surface area contributed by atoms with E-state index in [2.05, 4.69) is 9.73 Å². The van der Waals surface area contributed by atoms with Gasteiger partial charge in [0.2, 0.25) is 0 Å². The van der Waals surface area contributed by atoms with E-state index in [9.17, 15) is 9.18 Å². The molecule has 1 aromatic rings. The number of carbonyl (C=O) groups excluding carboxylic acids is 1. The molecule has 3 nitrogen and oxygen atoms in total. The van der Waals surface area contributed by atoms with Crippen LogP contribution < -0.4 is 0 Å². The van der Waals surface area contributed by atoms with Gasteiger partial charge in [-0.25, -0.2) is 9.18 Å². The van der Waals surface area contributed by atoms with Crippen molar-refractivity contribution in [1.29, 1.82) is 0 Å². The molecular weight excluding hydrogens is 301 g/mol. The van der Waals surface area contributed by atoms with E-state index in [0.717, 1.165) is 0 Å². The van der Waals surface area contributed by atoms with Crippen LogP contribution in [0.1, 0.15) is 18.9 Å². The molecule has 0 saturated heterocycles. The number of esters is 1. The first-order chi connectivity index (χ1) is 9.43. The van der Waals surface area contributed by atoms with Gasteiger partial charge in [-0.15, -0.1) is 0 Å². The normalized spacial score (nSPS) is 11.3. The summed E-state index contributed by atoms with van der Waals surface area (Å²) in [5.74, 6) is -0.796. The minimum atomic E-state index is -0.471. The van der Waals surface area contributed by atoms with Crippen molar-refractivity contribution in [2.24, 2.45) is 4.99 Å². The summed E-state index contributed by atoms with van der Waals surface area (Å²) in [6.07, 6.45) is 1.10. The highest BCUT2D eigenvalue weighted by Gasteiger charge is 2.07. The van der Waals surface area contributed by atoms with Crippen molar-refractivity contribution in [3.63, 3.8) is 0 Å². The van der Waals surface area contributed by atoms with Gasteiger partial charge in [-0.05, 0) is 43.5 Å². The maximum Gasteiger partial charge on any atom is 0.351 e. The molecule has 1 aromatic carbocycles. The summed E-state index contributed by atoms with van der Waals surface area (Å²) >= 11 is 11.1. The number of aliphatic imine (C=N–C) groups is 1. The van der Waals surface area contributed by atoms with E-state index < -0.39 is 5.97 Å². The average molecular weight is 316 g/mol. The van der Waals surface area contributed by atoms with Crippen molar-refractivity contribution in [2.45, 2.75) is 19.8 Å². The lowest BCUT2D eigenvalue weighted by Gasteiger charge is -2.05. The van der Waals surface area contributed by atoms with E-state index in [1.54, 1.807) is 6.92 Å². The van der Waals surface area contributed by atoms with Gasteiger partial charge in [0.25, 0.3) is 0 Å². The second-order valence-electron chi connectivity index (χ2n) is 4.17. The van der Waals surface area contributed by atoms with Crippen molar-refractivity contribution in [2.75, 3.05) is 13.7 Å². The Morgan fingerprint density at radius 2 is 2.20 bits per heavy atom. The molecule has 0 aliphatic rings. The standard InChI is InChI=1S/C14H15ClFNO2S/c1-9(14(18)19-2)17-8-12(20)5-3-10-7-11(16)4-6-13(10)15/h4,6-7H,3,5,8H2,1-2H3. The zero-order chi connectivity index (χ0) is 15.1. The largest absolute Gasteiger partial charge is 0.465 e. The molecule has 0 amide bonds. The highest BCUT2D eigenvalue weighted by molar-refractivity contribution is 7.80. The molecule has 0 aromatic heterocycles. The number of nitrogens with zero attached hydrogens (tertiary/aromatic N) is 1. The summed E-state index contributed by atoms with van der Waals surface area (Å²) in [5, 5.41) is 0.517. The summed E-state index contributed by atoms with van der Waals surface area (Å²) in [4.78, 5) is 15.8. The fraction of sp³-hybridized carbons (Fsp3) is 0.357. The Hall–Kier alpha value is -1.33. The Balaban J connectivity index is 2.52. The number of methoxy groups -OCH3 is 1. The van der Waals surface area contributed by atoms with E-state index >= 15 is 0 Å². The van der Waals surface area contributed by atoms with Crippen LogP contribution in [0.2, 0.25) is 5.02 Å². The SMILES string of the molecule is COC(=O)C(C)=NCC(=S)CCc1cc(F)ccc1Cl. The first-order valence-electron chi connectivity index (χ1n) is 5.99. The predicted molar refractivity (Wildman–Crippen MR) is 82.3 cm³/mol. The van der Waals surface area contributed by atoms with Crippen LogP contribution in [0.3, 0.4) is 0 Å². The Labute approximate surface area is 127 Å². The maximum absolute atomic E-state index is 13.1. The van der Waals surface area contributed by atoms with Crippen LogP contribution in [0.5, 0.6) is 0 Å². The van der Waals surface area contributed by atoms with Gasteiger partial charge in [-0.2, -0.15) is 0 Å². The lowest BCUT2D eigenvalue weighted by atomic mass is 10.1. The molecular formula is C14H15ClFNO2S. The summed E-state index contributed by atoms with van der Waals surface area (Å²) in [6, 6.07) is 4.23. The quantitative estimate of drug-likeness (QED) is 0.459. The smallest absolute Gasteiger partial charge is 0.351 e. The molecule has 108 valence electrons. The van der Waals surface area contributed by atoms with Gasteiger partial charge in [0.1, 0.15) is 11.5 Å². The molecule has 0 fully saturated rings. The third-order valence-corrected chi connectivity index (χ3v) is 3.36. The van der Waals surface area contributed by atoms with Crippen molar-refractivity contribution in [3.05, 3.63) is 34.6 Å². The lowest BCUT2D eigenvalue weighted by Crippen LogP contribution is -2.14. The molecule has 1 rings (SSSR count). The first kappa shape index (κ1) is 16.7. The minimum Gasteiger partial charge on any atom is -0.465 e. The summed E-state index contributed by atoms with van der Waals surface area (Å²) in [5.41, 5.74) is 0.987. The number of carbonyl (C=O) groups is 1. The molecule has 0 N–H and O–H groups in total. The second kappa shape index (κ2) is 8.07. The highest BCUT2D eigenvalue weighted by atomic mass is 35.5. The molecule has 0 radical (unpaired) electrons. The van der Waals surface area contributed by atoms with Gasteiger partial charge in [0.15, 0.2) is 0 Å². The van der Waals surface area contributed by atoms with Crippen LogP contribution >= 0.6 is 23.8 Å². The fourth-order valence-corrected chi connectivity index (χ4v) is 1.89. The Morgan fingerprint density at radius 3 is 2.85 bits per heavy atom. The number of ether oxygens (including phenoxy) is 1. The van der Waals surface area contributed by atoms with Crippen LogP contribution in [0.25, 0.3) is 0 Å². The summed E-state index contributed by atoms with van der Waals surface area (Å²) in [7, 11) is 1.30. The molecule has 0 saturated carbocycles. The predicted octanol–water partition coefficient (Wildman–Crippen LogP) is 3.42. The number of benzene rings is 1. The van der Waals surface area contributed by atoms with Crippen LogP contribution in [0.15, 0.2) is 23.2 Å². The number of aryl methyl sites for hydroxylation is 1. The van der Waals surface area contributed by atoms with Crippen LogP contribution in [0, 0.1) is 5.82 Å². The molecule has 0 atom stereocenters. The van der Waals surface area contributed by atoms with E-state index in [-0.39, 0.29) is 18.1 Å². The molecule has 0 unspecified atom stereocenters. The summed E-state index contributed by atoms with van der Waals surface area (Å²) < 4.78 is 17.6. The van der Waals surface area contributed by atoms with Crippen molar-refractivity contribution < 1.29 is 13.9 Å². The monoisotopic (exact) mass is 315 g/mol. The second-order valence-corrected chi connectivity index (χ2v) is 5.15. The zero-order valence-corrected chi connectivity index (χ0v) is 12.9. The van der Waals surface area contributed by atoms with Crippen LogP contribution in [-0.2, 0) is 16.0 Å². The molecule has 0 aliphatic carbocycles. The van der Waals surface area contributed by atoms with E-state index in [1.165, 1.54) is 25.3 Å². The third kappa shape index (κ3) is 5.35. The molecule has 0 spiro atoms. The molecule has 0 heterocycles. The fourth-order valence-electron chi connectivity index (χ4n) is 1.51. The Bertz CT molecular complexity index is 546. The van der Waals surface area contributed by atoms with Crippen LogP contribution in [-0.4, -0.2) is 30.2 Å². The van der Waals surface area contributed by atoms with Gasteiger partial charge in [0, 0.05) is 9.89 Å². The van der Waals surface area contributed by atoms with Crippen molar-refractivity contribution in [1.82, 2.24) is 0 Å². The van der Waals surface area contributed by atoms with Gasteiger partial charge < -0.3 is 4.74 Å². The topological polar surface area (TPSA) is 38.7 Å². The van der Waals surface area contributed by atoms with E-state index in [0.29, 0.717) is 28.3 Å². The number of halogens is 2. The molecule has 0 aliphatic heterocycles. The van der Waals surface area contributed by atoms with Gasteiger partial charge in [0.05, 0.1) is 13.7 Å². The number of thiocarbonyl (C=S) groups is 1. The first-order valence-corrected chi connectivity index (χ1v) is 6.77. The minimum absolute atomic E-state index is 0.267. The third-order valence-electron chi connectivity index (χ3n) is 2.65. The van der Waals surface area contributed by atoms with Crippen LogP contribution in [0.4, 0.5) is 4.39 Å². The van der Waals surface area contributed by atoms with Gasteiger partial charge in [-0.3, -0.25) is 4.99 Å². The lowest BCUT2D eigenvalue weighted by molar-refractivity contribution is -0.132. The highest BCUT2D eigenvalue weighted by Crippen LogP contribution is 2.18. The molecule has 6 heteroatoms. The molecule has 0 bridgehead atoms. The summed E-state index contributed by atoms with van der Waals surface area (Å²) in [6.45, 7) is 1.83. The number of hydrogen-bond donors (Lipinski definition) is 0. The Kier molecular flexibility index (Phi) is 6.75. The number of hydrogen-bond acceptors (Lipinski definition) is 4. The van der Waals surface area contributed by atoms with Crippen molar-refractivity contribution in [3.8, 4) is 0 Å². The maximum atomic E-state index is 13.1. The average Bonchev–Trinajstić information content (AvgIpc) is 2.44. The number of rotatable bonds is 6. The van der Waals surface area contributed by atoms with Crippen molar-refractivity contribution >= 4 is 40.4 Å². The Morgan fingerprint density at radius 1 is 1.50 bits per heavy atom. The van der Waals surface area contributed by atoms with Gasteiger partial charge in [-0.1, -0.05) is 23.8 Å².